The molecule has 0 spiro atoms. The molecule has 11 heavy (non-hydrogen) atoms. The van der Waals surface area contributed by atoms with Crippen LogP contribution in [0.4, 0.5) is 0 Å². The van der Waals surface area contributed by atoms with Crippen molar-refractivity contribution in [3.8, 4) is 0 Å². The Labute approximate surface area is 63.8 Å². The quantitative estimate of drug-likeness (QED) is 0.326. The second-order valence-electron chi connectivity index (χ2n) is 2.87. The van der Waals surface area contributed by atoms with Gasteiger partial charge in [0.2, 0.25) is 0 Å². The van der Waals surface area contributed by atoms with E-state index >= 15 is 0 Å². The van der Waals surface area contributed by atoms with Crippen LogP contribution < -0.4 is 0 Å². The Balaban J connectivity index is 2.67. The molecule has 4 atom stereocenters. The highest BCUT2D eigenvalue weighted by Crippen LogP contribution is 2.22. The number of ether oxygens (including phenoxy) is 1. The van der Waals surface area contributed by atoms with Gasteiger partial charge in [-0.05, 0) is 6.92 Å². The summed E-state index contributed by atoms with van der Waals surface area (Å²) in [7, 11) is 0. The first-order chi connectivity index (χ1) is 4.95. The lowest BCUT2D eigenvalue weighted by molar-refractivity contribution is -0.312. The van der Waals surface area contributed by atoms with E-state index in [4.69, 9.17) is 15.3 Å². The van der Waals surface area contributed by atoms with Crippen LogP contribution in [0.3, 0.4) is 0 Å². The fourth-order valence-electron chi connectivity index (χ4n) is 0.965. The molecular formula is C6H12O5. The lowest BCUT2D eigenvalue weighted by Gasteiger charge is -2.39. The van der Waals surface area contributed by atoms with E-state index in [2.05, 4.69) is 4.74 Å². The summed E-state index contributed by atoms with van der Waals surface area (Å²) in [6.45, 7) is 1.05. The summed E-state index contributed by atoms with van der Waals surface area (Å²) >= 11 is 0. The third-order valence-electron chi connectivity index (χ3n) is 1.81. The lowest BCUT2D eigenvalue weighted by atomic mass is 9.98. The maximum atomic E-state index is 9.19. The van der Waals surface area contributed by atoms with E-state index in [1.165, 1.54) is 6.92 Å². The Hall–Kier alpha value is -0.200. The Morgan fingerprint density at radius 3 is 2.36 bits per heavy atom. The van der Waals surface area contributed by atoms with E-state index in [0.717, 1.165) is 0 Å². The molecule has 0 aliphatic carbocycles. The molecule has 1 fully saturated rings. The van der Waals surface area contributed by atoms with Crippen molar-refractivity contribution in [1.82, 2.24) is 0 Å². The van der Waals surface area contributed by atoms with Crippen LogP contribution >= 0.6 is 0 Å². The van der Waals surface area contributed by atoms with E-state index in [-0.39, 0.29) is 6.61 Å². The van der Waals surface area contributed by atoms with Crippen LogP contribution in [0.1, 0.15) is 6.92 Å². The summed E-state index contributed by atoms with van der Waals surface area (Å²) in [5.74, 6) is -1.77. The molecule has 0 aromatic rings. The molecule has 0 aromatic carbocycles. The van der Waals surface area contributed by atoms with Gasteiger partial charge in [0, 0.05) is 0 Å². The van der Waals surface area contributed by atoms with Gasteiger partial charge in [0.25, 0.3) is 0 Å². The number of hydrogen-bond donors (Lipinski definition) is 4. The van der Waals surface area contributed by atoms with Gasteiger partial charge in [-0.1, -0.05) is 0 Å². The Kier molecular flexibility index (Phi) is 2.17. The maximum absolute atomic E-state index is 9.19. The lowest BCUT2D eigenvalue weighted by Crippen LogP contribution is -2.59. The third kappa shape index (κ3) is 1.52. The normalized spacial score (nSPS) is 52.6. The Morgan fingerprint density at radius 2 is 1.91 bits per heavy atom. The first kappa shape index (κ1) is 8.89. The summed E-state index contributed by atoms with van der Waals surface area (Å²) in [5.41, 5.74) is 0. The molecule has 4 N–H and O–H groups in total. The van der Waals surface area contributed by atoms with Gasteiger partial charge < -0.3 is 25.2 Å². The summed E-state index contributed by atoms with van der Waals surface area (Å²) in [6.07, 6.45) is -3.95. The summed E-state index contributed by atoms with van der Waals surface area (Å²) in [6, 6.07) is 0. The molecule has 1 aliphatic heterocycles. The van der Waals surface area contributed by atoms with Crippen LogP contribution in [0.25, 0.3) is 0 Å². The maximum Gasteiger partial charge on any atom is 0.191 e. The molecule has 0 bridgehead atoms. The molecule has 0 aromatic heterocycles. The second kappa shape index (κ2) is 2.69. The zero-order valence-corrected chi connectivity index (χ0v) is 6.14. The van der Waals surface area contributed by atoms with Crippen molar-refractivity contribution in [3.63, 3.8) is 0 Å². The number of aliphatic hydroxyl groups is 4. The molecule has 0 saturated carbocycles. The number of rotatable bonds is 0. The van der Waals surface area contributed by atoms with E-state index in [1.807, 2.05) is 0 Å². The van der Waals surface area contributed by atoms with Crippen molar-refractivity contribution in [3.05, 3.63) is 0 Å². The second-order valence-corrected chi connectivity index (χ2v) is 2.87. The van der Waals surface area contributed by atoms with Crippen molar-refractivity contribution in [2.75, 3.05) is 6.61 Å². The molecule has 0 amide bonds. The van der Waals surface area contributed by atoms with Crippen molar-refractivity contribution in [2.24, 2.45) is 0 Å². The smallest absolute Gasteiger partial charge is 0.191 e. The van der Waals surface area contributed by atoms with Gasteiger partial charge in [0.05, 0.1) is 6.61 Å². The minimum absolute atomic E-state index is 0.175. The van der Waals surface area contributed by atoms with Crippen LogP contribution in [0.2, 0.25) is 0 Å². The first-order valence-corrected chi connectivity index (χ1v) is 3.35. The monoisotopic (exact) mass is 164 g/mol. The topological polar surface area (TPSA) is 90.2 Å². The van der Waals surface area contributed by atoms with E-state index in [0.29, 0.717) is 0 Å². The van der Waals surface area contributed by atoms with Gasteiger partial charge >= 0.3 is 0 Å². The van der Waals surface area contributed by atoms with Gasteiger partial charge in [-0.25, -0.2) is 0 Å². The van der Waals surface area contributed by atoms with Crippen LogP contribution in [0.15, 0.2) is 0 Å². The summed E-state index contributed by atoms with van der Waals surface area (Å²) in [4.78, 5) is 0. The van der Waals surface area contributed by atoms with Gasteiger partial charge in [-0.3, -0.25) is 0 Å². The van der Waals surface area contributed by atoms with E-state index < -0.39 is 24.1 Å². The minimum atomic E-state index is -1.77. The summed E-state index contributed by atoms with van der Waals surface area (Å²) < 4.78 is 4.66. The van der Waals surface area contributed by atoms with Gasteiger partial charge in [-0.15, -0.1) is 0 Å². The van der Waals surface area contributed by atoms with Gasteiger partial charge in [-0.2, -0.15) is 0 Å². The van der Waals surface area contributed by atoms with E-state index in [9.17, 15) is 5.11 Å². The molecule has 1 rings (SSSR count). The number of hydrogen-bond acceptors (Lipinski definition) is 5. The fourth-order valence-corrected chi connectivity index (χ4v) is 0.965. The Morgan fingerprint density at radius 1 is 1.36 bits per heavy atom. The highest BCUT2D eigenvalue weighted by Gasteiger charge is 2.44. The van der Waals surface area contributed by atoms with Crippen LogP contribution in [-0.4, -0.2) is 51.1 Å². The largest absolute Gasteiger partial charge is 0.388 e. The van der Waals surface area contributed by atoms with Crippen molar-refractivity contribution in [1.29, 1.82) is 0 Å². The van der Waals surface area contributed by atoms with Crippen molar-refractivity contribution >= 4 is 0 Å². The molecule has 0 radical (unpaired) electrons. The van der Waals surface area contributed by atoms with Crippen LogP contribution in [0.5, 0.6) is 0 Å². The SMILES string of the molecule is CC1(O)OC[C@H](O)[C@@H](O)[C@H]1O. The highest BCUT2D eigenvalue weighted by molar-refractivity contribution is 4.88. The zero-order chi connectivity index (χ0) is 8.65. The first-order valence-electron chi connectivity index (χ1n) is 3.35. The molecule has 66 valence electrons. The van der Waals surface area contributed by atoms with Crippen LogP contribution in [-0.2, 0) is 4.74 Å². The zero-order valence-electron chi connectivity index (χ0n) is 6.14. The molecule has 1 aliphatic rings. The average Bonchev–Trinajstić information content (AvgIpc) is 1.95. The predicted molar refractivity (Wildman–Crippen MR) is 34.6 cm³/mol. The minimum Gasteiger partial charge on any atom is -0.388 e. The fraction of sp³-hybridized carbons (Fsp3) is 1.00. The van der Waals surface area contributed by atoms with Crippen LogP contribution in [0, 0.1) is 0 Å². The molecule has 5 heteroatoms. The highest BCUT2D eigenvalue weighted by atomic mass is 16.6. The molecule has 1 saturated heterocycles. The Bertz CT molecular complexity index is 146. The molecule has 1 heterocycles. The average molecular weight is 164 g/mol. The number of aliphatic hydroxyl groups excluding tert-OH is 3. The standard InChI is InChI=1S/C6H12O5/c1-6(10)5(9)4(8)3(7)2-11-6/h3-5,7-10H,2H2,1H3/t3-,4+,5+,6?/m0/s1. The molecule has 1 unspecified atom stereocenters. The predicted octanol–water partition coefficient (Wildman–Crippen LogP) is -2.19. The third-order valence-corrected chi connectivity index (χ3v) is 1.81. The van der Waals surface area contributed by atoms with E-state index in [1.54, 1.807) is 0 Å². The van der Waals surface area contributed by atoms with Crippen molar-refractivity contribution < 1.29 is 25.2 Å². The molecular weight excluding hydrogens is 152 g/mol. The van der Waals surface area contributed by atoms with Gasteiger partial charge in [0.15, 0.2) is 5.79 Å². The van der Waals surface area contributed by atoms with Gasteiger partial charge in [0.1, 0.15) is 18.3 Å². The molecule has 5 nitrogen and oxygen atoms in total. The summed E-state index contributed by atoms with van der Waals surface area (Å²) in [5, 5.41) is 36.3. The van der Waals surface area contributed by atoms with Crippen molar-refractivity contribution in [2.45, 2.75) is 31.0 Å².